The van der Waals surface area contributed by atoms with Gasteiger partial charge in [0.25, 0.3) is 0 Å². The molecule has 0 radical (unpaired) electrons. The first-order valence-corrected chi connectivity index (χ1v) is 9.75. The Morgan fingerprint density at radius 1 is 1.12 bits per heavy atom. The highest BCUT2D eigenvalue weighted by Gasteiger charge is 2.17. The molecule has 0 unspecified atom stereocenters. The summed E-state index contributed by atoms with van der Waals surface area (Å²) in [6.45, 7) is 2.08. The number of anilines is 1. The number of hydrogen-bond donors (Lipinski definition) is 1. The van der Waals surface area contributed by atoms with E-state index in [4.69, 9.17) is 10.1 Å². The van der Waals surface area contributed by atoms with E-state index in [1.54, 1.807) is 23.9 Å². The summed E-state index contributed by atoms with van der Waals surface area (Å²) in [5.74, 6) is 0.803. The molecule has 134 valence electrons. The second-order valence-corrected chi connectivity index (χ2v) is 7.34. The average molecular weight is 368 g/mol. The Hall–Kier alpha value is -2.54. The van der Waals surface area contributed by atoms with Gasteiger partial charge >= 0.3 is 5.97 Å². The van der Waals surface area contributed by atoms with Crippen LogP contribution < -0.4 is 4.90 Å². The van der Waals surface area contributed by atoms with E-state index >= 15 is 0 Å². The molecule has 1 fully saturated rings. The zero-order valence-corrected chi connectivity index (χ0v) is 15.2. The third-order valence-corrected chi connectivity index (χ3v) is 5.49. The highest BCUT2D eigenvalue weighted by molar-refractivity contribution is 7.98. The number of benzene rings is 1. The maximum absolute atomic E-state index is 10.9. The molecule has 0 atom stereocenters. The summed E-state index contributed by atoms with van der Waals surface area (Å²) in [7, 11) is 0. The number of piperidine rings is 1. The van der Waals surface area contributed by atoms with E-state index in [1.165, 1.54) is 19.3 Å². The molecule has 26 heavy (non-hydrogen) atoms. The lowest BCUT2D eigenvalue weighted by Gasteiger charge is -2.28. The van der Waals surface area contributed by atoms with Gasteiger partial charge in [-0.1, -0.05) is 23.9 Å². The van der Waals surface area contributed by atoms with Crippen LogP contribution in [-0.4, -0.2) is 38.8 Å². The maximum atomic E-state index is 10.9. The zero-order valence-electron chi connectivity index (χ0n) is 14.3. The van der Waals surface area contributed by atoms with Gasteiger partial charge in [-0.25, -0.2) is 14.3 Å². The van der Waals surface area contributed by atoms with E-state index in [0.717, 1.165) is 35.1 Å². The lowest BCUT2D eigenvalue weighted by atomic mass is 10.1. The van der Waals surface area contributed by atoms with Gasteiger partial charge in [0.2, 0.25) is 5.16 Å². The van der Waals surface area contributed by atoms with Crippen LogP contribution in [0.1, 0.15) is 35.2 Å². The van der Waals surface area contributed by atoms with Gasteiger partial charge in [0.1, 0.15) is 5.52 Å². The van der Waals surface area contributed by atoms with Crippen molar-refractivity contribution in [3.63, 3.8) is 0 Å². The molecule has 1 aliphatic heterocycles. The van der Waals surface area contributed by atoms with E-state index in [0.29, 0.717) is 11.3 Å². The van der Waals surface area contributed by atoms with E-state index in [-0.39, 0.29) is 0 Å². The van der Waals surface area contributed by atoms with Gasteiger partial charge in [-0.3, -0.25) is 0 Å². The molecule has 1 aromatic carbocycles. The van der Waals surface area contributed by atoms with Crippen molar-refractivity contribution in [2.24, 2.45) is 0 Å². The van der Waals surface area contributed by atoms with Crippen LogP contribution in [0.3, 0.4) is 0 Å². The number of carbonyl (C=O) groups is 1. The minimum absolute atomic E-state index is 0.302. The molecule has 0 spiro atoms. The van der Waals surface area contributed by atoms with Crippen molar-refractivity contribution >= 4 is 29.1 Å². The zero-order chi connectivity index (χ0) is 17.9. The van der Waals surface area contributed by atoms with Crippen molar-refractivity contribution in [1.82, 2.24) is 14.6 Å². The van der Waals surface area contributed by atoms with Crippen LogP contribution in [0.15, 0.2) is 47.8 Å². The summed E-state index contributed by atoms with van der Waals surface area (Å²) >= 11 is 1.57. The molecule has 0 bridgehead atoms. The first-order valence-electron chi connectivity index (χ1n) is 8.76. The summed E-state index contributed by atoms with van der Waals surface area (Å²) in [5.41, 5.74) is 2.40. The monoisotopic (exact) mass is 368 g/mol. The molecular weight excluding hydrogens is 348 g/mol. The lowest BCUT2D eigenvalue weighted by Crippen LogP contribution is -2.30. The lowest BCUT2D eigenvalue weighted by molar-refractivity contribution is 0.0697. The van der Waals surface area contributed by atoms with Gasteiger partial charge in [-0.2, -0.15) is 0 Å². The second-order valence-electron chi connectivity index (χ2n) is 6.39. The average Bonchev–Trinajstić information content (AvgIpc) is 3.15. The summed E-state index contributed by atoms with van der Waals surface area (Å²) < 4.78 is 1.90. The molecule has 3 aromatic rings. The van der Waals surface area contributed by atoms with Crippen LogP contribution in [0.25, 0.3) is 5.52 Å². The first-order chi connectivity index (χ1) is 12.7. The van der Waals surface area contributed by atoms with Crippen molar-refractivity contribution in [3.05, 3.63) is 53.7 Å². The maximum Gasteiger partial charge on any atom is 0.335 e. The van der Waals surface area contributed by atoms with E-state index in [2.05, 4.69) is 16.1 Å². The van der Waals surface area contributed by atoms with Gasteiger partial charge in [-0.05, 0) is 49.1 Å². The SMILES string of the molecule is O=C(O)c1ccc(CSc2nc(N3CCCCC3)c3cccn3n2)cc1. The smallest absolute Gasteiger partial charge is 0.335 e. The number of thioether (sulfide) groups is 1. The largest absolute Gasteiger partial charge is 0.478 e. The van der Waals surface area contributed by atoms with Crippen LogP contribution in [0.5, 0.6) is 0 Å². The van der Waals surface area contributed by atoms with Crippen molar-refractivity contribution in [2.75, 3.05) is 18.0 Å². The molecule has 0 amide bonds. The molecule has 1 aliphatic rings. The number of hydrogen-bond acceptors (Lipinski definition) is 5. The number of nitrogens with zero attached hydrogens (tertiary/aromatic N) is 4. The molecule has 7 heteroatoms. The Morgan fingerprint density at radius 2 is 1.88 bits per heavy atom. The fraction of sp³-hybridized carbons (Fsp3) is 0.316. The quantitative estimate of drug-likeness (QED) is 0.692. The molecule has 3 heterocycles. The van der Waals surface area contributed by atoms with Crippen LogP contribution in [-0.2, 0) is 5.75 Å². The van der Waals surface area contributed by atoms with Crippen molar-refractivity contribution in [3.8, 4) is 0 Å². The number of carboxylic acids is 1. The van der Waals surface area contributed by atoms with Crippen molar-refractivity contribution in [1.29, 1.82) is 0 Å². The predicted octanol–water partition coefficient (Wildman–Crippen LogP) is 3.71. The molecular formula is C19H20N4O2S. The normalized spacial score (nSPS) is 14.7. The highest BCUT2D eigenvalue weighted by atomic mass is 32.2. The van der Waals surface area contributed by atoms with Crippen molar-refractivity contribution in [2.45, 2.75) is 30.2 Å². The number of rotatable bonds is 5. The Morgan fingerprint density at radius 3 is 2.62 bits per heavy atom. The van der Waals surface area contributed by atoms with Crippen LogP contribution in [0.2, 0.25) is 0 Å². The number of aromatic carboxylic acids is 1. The molecule has 6 nitrogen and oxygen atoms in total. The molecule has 1 N–H and O–H groups in total. The third kappa shape index (κ3) is 3.53. The predicted molar refractivity (Wildman–Crippen MR) is 102 cm³/mol. The second kappa shape index (κ2) is 7.37. The van der Waals surface area contributed by atoms with E-state index < -0.39 is 5.97 Å². The molecule has 0 saturated carbocycles. The van der Waals surface area contributed by atoms with Crippen LogP contribution in [0.4, 0.5) is 5.82 Å². The van der Waals surface area contributed by atoms with E-state index in [9.17, 15) is 4.79 Å². The Bertz CT molecular complexity index is 917. The summed E-state index contributed by atoms with van der Waals surface area (Å²) in [5, 5.41) is 14.3. The molecule has 1 saturated heterocycles. The van der Waals surface area contributed by atoms with Gasteiger partial charge < -0.3 is 10.0 Å². The minimum Gasteiger partial charge on any atom is -0.478 e. The summed E-state index contributed by atoms with van der Waals surface area (Å²) in [6.07, 6.45) is 5.65. The fourth-order valence-corrected chi connectivity index (χ4v) is 3.97. The fourth-order valence-electron chi connectivity index (χ4n) is 3.19. The standard InChI is InChI=1S/C19H20N4O2S/c24-18(25)15-8-6-14(7-9-15)13-26-19-20-17(22-10-2-1-3-11-22)16-5-4-12-23(16)21-19/h4-9,12H,1-3,10-11,13H2,(H,24,25). The van der Waals surface area contributed by atoms with Gasteiger partial charge in [-0.15, -0.1) is 5.10 Å². The number of aromatic nitrogens is 3. The molecule has 0 aliphatic carbocycles. The summed E-state index contributed by atoms with van der Waals surface area (Å²) in [4.78, 5) is 18.1. The van der Waals surface area contributed by atoms with Gasteiger partial charge in [0, 0.05) is 25.0 Å². The minimum atomic E-state index is -0.906. The number of fused-ring (bicyclic) bond motifs is 1. The van der Waals surface area contributed by atoms with Crippen LogP contribution in [0, 0.1) is 0 Å². The third-order valence-electron chi connectivity index (χ3n) is 4.58. The molecule has 2 aromatic heterocycles. The topological polar surface area (TPSA) is 70.7 Å². The molecule has 4 rings (SSSR count). The van der Waals surface area contributed by atoms with E-state index in [1.807, 2.05) is 28.9 Å². The highest BCUT2D eigenvalue weighted by Crippen LogP contribution is 2.27. The summed E-state index contributed by atoms with van der Waals surface area (Å²) in [6, 6.07) is 11.0. The van der Waals surface area contributed by atoms with Crippen LogP contribution >= 0.6 is 11.8 Å². The van der Waals surface area contributed by atoms with Crippen molar-refractivity contribution < 1.29 is 9.90 Å². The Balaban J connectivity index is 1.55. The Kier molecular flexibility index (Phi) is 4.79. The van der Waals surface area contributed by atoms with Gasteiger partial charge in [0.05, 0.1) is 5.56 Å². The number of carboxylic acid groups (broad SMARTS) is 1. The van der Waals surface area contributed by atoms with Gasteiger partial charge in [0.15, 0.2) is 5.82 Å². The Labute approximate surface area is 155 Å². The first kappa shape index (κ1) is 16.9.